The Hall–Kier alpha value is -1.06. The van der Waals surface area contributed by atoms with Crippen LogP contribution in [0.5, 0.6) is 5.75 Å². The molecule has 2 atom stereocenters. The van der Waals surface area contributed by atoms with Crippen LogP contribution in [-0.4, -0.2) is 31.9 Å². The molecule has 3 nitrogen and oxygen atoms in total. The number of ether oxygens (including phenoxy) is 2. The fraction of sp³-hybridized carbons (Fsp3) is 0.625. The predicted molar refractivity (Wildman–Crippen MR) is 78.0 cm³/mol. The highest BCUT2D eigenvalue weighted by atomic mass is 16.5. The zero-order chi connectivity index (χ0) is 13.8. The summed E-state index contributed by atoms with van der Waals surface area (Å²) in [5, 5.41) is 3.50. The summed E-state index contributed by atoms with van der Waals surface area (Å²) in [6.07, 6.45) is 1.12. The molecule has 1 aliphatic heterocycles. The third kappa shape index (κ3) is 3.48. The third-order valence-corrected chi connectivity index (χ3v) is 3.81. The van der Waals surface area contributed by atoms with Crippen LogP contribution in [0.15, 0.2) is 12.1 Å². The molecule has 0 spiro atoms. The molecule has 0 amide bonds. The van der Waals surface area contributed by atoms with E-state index in [0.29, 0.717) is 12.6 Å². The first-order valence-corrected chi connectivity index (χ1v) is 7.17. The first kappa shape index (κ1) is 14.4. The maximum absolute atomic E-state index is 6.23. The number of hydrogen-bond donors (Lipinski definition) is 1. The maximum atomic E-state index is 6.23. The lowest BCUT2D eigenvalue weighted by Crippen LogP contribution is -2.49. The Morgan fingerprint density at radius 1 is 1.32 bits per heavy atom. The number of rotatable bonds is 4. The molecule has 0 aliphatic carbocycles. The third-order valence-electron chi connectivity index (χ3n) is 3.81. The van der Waals surface area contributed by atoms with Crippen LogP contribution in [0.4, 0.5) is 0 Å². The fourth-order valence-electron chi connectivity index (χ4n) is 2.61. The van der Waals surface area contributed by atoms with Crippen molar-refractivity contribution < 1.29 is 9.47 Å². The van der Waals surface area contributed by atoms with Gasteiger partial charge in [-0.3, -0.25) is 0 Å². The van der Waals surface area contributed by atoms with Crippen LogP contribution in [0, 0.1) is 20.8 Å². The SMILES string of the molecule is CCNC1CCOCC1Oc1cc(C)cc(C)c1C. The van der Waals surface area contributed by atoms with Gasteiger partial charge in [0.05, 0.1) is 6.61 Å². The van der Waals surface area contributed by atoms with Crippen molar-refractivity contribution in [2.75, 3.05) is 19.8 Å². The van der Waals surface area contributed by atoms with E-state index in [1.54, 1.807) is 0 Å². The molecule has 1 aromatic rings. The van der Waals surface area contributed by atoms with E-state index in [-0.39, 0.29) is 6.10 Å². The van der Waals surface area contributed by atoms with E-state index in [1.807, 2.05) is 0 Å². The number of benzene rings is 1. The average molecular weight is 263 g/mol. The van der Waals surface area contributed by atoms with Crippen molar-refractivity contribution in [1.82, 2.24) is 5.32 Å². The summed E-state index contributed by atoms with van der Waals surface area (Å²) in [7, 11) is 0. The highest BCUT2D eigenvalue weighted by molar-refractivity contribution is 5.42. The summed E-state index contributed by atoms with van der Waals surface area (Å²) in [5.41, 5.74) is 3.76. The van der Waals surface area contributed by atoms with E-state index in [4.69, 9.17) is 9.47 Å². The number of hydrogen-bond acceptors (Lipinski definition) is 3. The topological polar surface area (TPSA) is 30.5 Å². The average Bonchev–Trinajstić information content (AvgIpc) is 2.38. The van der Waals surface area contributed by atoms with E-state index >= 15 is 0 Å². The molecule has 3 heteroatoms. The van der Waals surface area contributed by atoms with Crippen LogP contribution in [-0.2, 0) is 4.74 Å². The molecule has 1 heterocycles. The Morgan fingerprint density at radius 3 is 2.84 bits per heavy atom. The van der Waals surface area contributed by atoms with Crippen LogP contribution in [0.2, 0.25) is 0 Å². The maximum Gasteiger partial charge on any atom is 0.137 e. The summed E-state index contributed by atoms with van der Waals surface area (Å²) < 4.78 is 11.8. The van der Waals surface area contributed by atoms with E-state index < -0.39 is 0 Å². The Kier molecular flexibility index (Phi) is 4.83. The van der Waals surface area contributed by atoms with Crippen molar-refractivity contribution in [2.24, 2.45) is 0 Å². The molecule has 2 rings (SSSR count). The van der Waals surface area contributed by atoms with Crippen molar-refractivity contribution >= 4 is 0 Å². The van der Waals surface area contributed by atoms with Gasteiger partial charge >= 0.3 is 0 Å². The van der Waals surface area contributed by atoms with Crippen molar-refractivity contribution in [1.29, 1.82) is 0 Å². The van der Waals surface area contributed by atoms with Crippen molar-refractivity contribution in [3.63, 3.8) is 0 Å². The van der Waals surface area contributed by atoms with Crippen molar-refractivity contribution in [3.05, 3.63) is 28.8 Å². The van der Waals surface area contributed by atoms with Gasteiger partial charge in [0, 0.05) is 12.6 Å². The van der Waals surface area contributed by atoms with Crippen molar-refractivity contribution in [3.8, 4) is 5.75 Å². The highest BCUT2D eigenvalue weighted by Gasteiger charge is 2.27. The molecule has 0 radical (unpaired) electrons. The van der Waals surface area contributed by atoms with Gasteiger partial charge in [-0.2, -0.15) is 0 Å². The molecular weight excluding hydrogens is 238 g/mol. The molecule has 0 bridgehead atoms. The summed E-state index contributed by atoms with van der Waals surface area (Å²) in [4.78, 5) is 0. The Morgan fingerprint density at radius 2 is 2.11 bits per heavy atom. The van der Waals surface area contributed by atoms with Crippen LogP contribution in [0.3, 0.4) is 0 Å². The zero-order valence-corrected chi connectivity index (χ0v) is 12.5. The number of likely N-dealkylation sites (N-methyl/N-ethyl adjacent to an activating group) is 1. The van der Waals surface area contributed by atoms with Crippen molar-refractivity contribution in [2.45, 2.75) is 46.3 Å². The van der Waals surface area contributed by atoms with Gasteiger partial charge in [0.15, 0.2) is 0 Å². The standard InChI is InChI=1S/C16H25NO2/c1-5-17-14-6-7-18-10-16(14)19-15-9-11(2)8-12(3)13(15)4/h8-9,14,16-17H,5-7,10H2,1-4H3. The lowest BCUT2D eigenvalue weighted by Gasteiger charge is -2.33. The largest absolute Gasteiger partial charge is 0.486 e. The fourth-order valence-corrected chi connectivity index (χ4v) is 2.61. The molecule has 1 fully saturated rings. The van der Waals surface area contributed by atoms with E-state index in [0.717, 1.165) is 25.3 Å². The quantitative estimate of drug-likeness (QED) is 0.906. The first-order chi connectivity index (χ1) is 9.11. The minimum atomic E-state index is 0.105. The molecule has 1 N–H and O–H groups in total. The van der Waals surface area contributed by atoms with Gasteiger partial charge in [0.25, 0.3) is 0 Å². The summed E-state index contributed by atoms with van der Waals surface area (Å²) in [6, 6.07) is 4.71. The molecule has 1 saturated heterocycles. The second-order valence-corrected chi connectivity index (χ2v) is 5.39. The van der Waals surface area contributed by atoms with Gasteiger partial charge in [-0.05, 0) is 56.5 Å². The van der Waals surface area contributed by atoms with Gasteiger partial charge in [0.2, 0.25) is 0 Å². The highest BCUT2D eigenvalue weighted by Crippen LogP contribution is 2.26. The van der Waals surface area contributed by atoms with Gasteiger partial charge in [0.1, 0.15) is 11.9 Å². The first-order valence-electron chi connectivity index (χ1n) is 7.17. The molecule has 1 aliphatic rings. The van der Waals surface area contributed by atoms with E-state index in [9.17, 15) is 0 Å². The lowest BCUT2D eigenvalue weighted by atomic mass is 10.0. The summed E-state index contributed by atoms with van der Waals surface area (Å²) >= 11 is 0. The second-order valence-electron chi connectivity index (χ2n) is 5.39. The van der Waals surface area contributed by atoms with Gasteiger partial charge in [-0.25, -0.2) is 0 Å². The van der Waals surface area contributed by atoms with Gasteiger partial charge in [-0.1, -0.05) is 13.0 Å². The molecular formula is C16H25NO2. The molecule has 2 unspecified atom stereocenters. The van der Waals surface area contributed by atoms with Crippen LogP contribution in [0.1, 0.15) is 30.0 Å². The molecule has 19 heavy (non-hydrogen) atoms. The smallest absolute Gasteiger partial charge is 0.137 e. The molecule has 0 aromatic heterocycles. The minimum Gasteiger partial charge on any atom is -0.486 e. The summed E-state index contributed by atoms with van der Waals surface area (Å²) in [5.74, 6) is 0.996. The van der Waals surface area contributed by atoms with Crippen LogP contribution >= 0.6 is 0 Å². The zero-order valence-electron chi connectivity index (χ0n) is 12.5. The van der Waals surface area contributed by atoms with E-state index in [2.05, 4.69) is 45.1 Å². The number of aryl methyl sites for hydroxylation is 2. The number of nitrogens with one attached hydrogen (secondary N) is 1. The second kappa shape index (κ2) is 6.40. The monoisotopic (exact) mass is 263 g/mol. The molecule has 106 valence electrons. The van der Waals surface area contributed by atoms with Crippen LogP contribution in [0.25, 0.3) is 0 Å². The van der Waals surface area contributed by atoms with Gasteiger partial charge in [-0.15, -0.1) is 0 Å². The minimum absolute atomic E-state index is 0.105. The molecule has 0 saturated carbocycles. The van der Waals surface area contributed by atoms with E-state index in [1.165, 1.54) is 16.7 Å². The molecule has 1 aromatic carbocycles. The Bertz CT molecular complexity index is 429. The lowest BCUT2D eigenvalue weighted by molar-refractivity contribution is -0.0146. The normalized spacial score (nSPS) is 23.4. The Balaban J connectivity index is 2.14. The van der Waals surface area contributed by atoms with Crippen LogP contribution < -0.4 is 10.1 Å². The Labute approximate surface area is 116 Å². The summed E-state index contributed by atoms with van der Waals surface area (Å²) in [6.45, 7) is 11.0. The van der Waals surface area contributed by atoms with Gasteiger partial charge < -0.3 is 14.8 Å². The predicted octanol–water partition coefficient (Wildman–Crippen LogP) is 2.76.